The van der Waals surface area contributed by atoms with Crippen LogP contribution in [0.4, 0.5) is 17.2 Å². The summed E-state index contributed by atoms with van der Waals surface area (Å²) in [5, 5.41) is 12.5. The standard InChI is InChI=1S/C17H14N6O3S/c1-26-10-3-2-7(4-9(10)22-6-24)11-8(5-18)15(20)23-17-12(11)13(19)14(27-17)16(21)25/h2-4,6H,19H2,1H3,(H2,20,23)(H2,21,25)(H,22,24). The molecule has 2 amide bonds. The number of ether oxygens (including phenoxy) is 1. The Kier molecular flexibility index (Phi) is 4.53. The molecule has 1 aromatic carbocycles. The number of benzene rings is 1. The Morgan fingerprint density at radius 2 is 2.15 bits per heavy atom. The van der Waals surface area contributed by atoms with Crippen molar-refractivity contribution >= 4 is 51.1 Å². The van der Waals surface area contributed by atoms with Crippen LogP contribution in [0.15, 0.2) is 18.2 Å². The van der Waals surface area contributed by atoms with Crippen LogP contribution in [0.2, 0.25) is 0 Å². The van der Waals surface area contributed by atoms with Crippen molar-refractivity contribution in [3.05, 3.63) is 28.6 Å². The minimum atomic E-state index is -0.698. The Balaban J connectivity index is 2.43. The van der Waals surface area contributed by atoms with Crippen molar-refractivity contribution in [3.63, 3.8) is 0 Å². The summed E-state index contributed by atoms with van der Waals surface area (Å²) in [6, 6.07) is 6.95. The third-order valence-electron chi connectivity index (χ3n) is 3.94. The normalized spacial score (nSPS) is 10.4. The molecular formula is C17H14N6O3S. The molecule has 0 aliphatic heterocycles. The molecule has 0 aliphatic carbocycles. The summed E-state index contributed by atoms with van der Waals surface area (Å²) < 4.78 is 5.21. The van der Waals surface area contributed by atoms with Crippen molar-refractivity contribution in [2.24, 2.45) is 5.73 Å². The molecule has 0 radical (unpaired) electrons. The molecular weight excluding hydrogens is 368 g/mol. The summed E-state index contributed by atoms with van der Waals surface area (Å²) in [7, 11) is 1.46. The number of carbonyl (C=O) groups is 2. The number of hydrogen-bond donors (Lipinski definition) is 4. The number of fused-ring (bicyclic) bond motifs is 1. The summed E-state index contributed by atoms with van der Waals surface area (Å²) >= 11 is 1.000. The highest BCUT2D eigenvalue weighted by molar-refractivity contribution is 7.21. The predicted octanol–water partition coefficient (Wildman–Crippen LogP) is 1.68. The number of methoxy groups -OCH3 is 1. The number of nitrogen functional groups attached to an aromatic ring is 2. The van der Waals surface area contributed by atoms with Gasteiger partial charge < -0.3 is 27.3 Å². The molecule has 0 saturated heterocycles. The van der Waals surface area contributed by atoms with E-state index in [1.807, 2.05) is 6.07 Å². The van der Waals surface area contributed by atoms with Gasteiger partial charge in [0.05, 0.1) is 18.5 Å². The molecule has 3 rings (SSSR count). The molecule has 7 N–H and O–H groups in total. The number of pyridine rings is 1. The zero-order valence-electron chi connectivity index (χ0n) is 14.1. The molecule has 0 aliphatic rings. The summed E-state index contributed by atoms with van der Waals surface area (Å²) in [6.45, 7) is 0. The summed E-state index contributed by atoms with van der Waals surface area (Å²) in [4.78, 5) is 27.3. The maximum atomic E-state index is 11.7. The first-order valence-corrected chi connectivity index (χ1v) is 8.34. The van der Waals surface area contributed by atoms with Gasteiger partial charge in [0.25, 0.3) is 5.91 Å². The lowest BCUT2D eigenvalue weighted by Crippen LogP contribution is -2.10. The smallest absolute Gasteiger partial charge is 0.260 e. The lowest BCUT2D eigenvalue weighted by atomic mass is 9.96. The second-order valence-corrected chi connectivity index (χ2v) is 6.42. The molecule has 3 aromatic rings. The second-order valence-electron chi connectivity index (χ2n) is 5.43. The molecule has 0 fully saturated rings. The van der Waals surface area contributed by atoms with Crippen LogP contribution in [-0.4, -0.2) is 24.4 Å². The van der Waals surface area contributed by atoms with Crippen molar-refractivity contribution in [1.29, 1.82) is 5.26 Å². The van der Waals surface area contributed by atoms with Crippen LogP contribution in [-0.2, 0) is 4.79 Å². The van der Waals surface area contributed by atoms with Crippen molar-refractivity contribution in [3.8, 4) is 22.9 Å². The van der Waals surface area contributed by atoms with Gasteiger partial charge in [0.2, 0.25) is 6.41 Å². The first-order chi connectivity index (χ1) is 12.9. The Morgan fingerprint density at radius 3 is 2.74 bits per heavy atom. The fourth-order valence-electron chi connectivity index (χ4n) is 2.79. The highest BCUT2D eigenvalue weighted by atomic mass is 32.1. The average molecular weight is 382 g/mol. The molecule has 2 heterocycles. The number of nitrogens with zero attached hydrogens (tertiary/aromatic N) is 2. The van der Waals surface area contributed by atoms with Gasteiger partial charge in [-0.15, -0.1) is 11.3 Å². The molecule has 0 saturated carbocycles. The zero-order chi connectivity index (χ0) is 19.7. The minimum absolute atomic E-state index is 0.00187. The molecule has 10 heteroatoms. The first kappa shape index (κ1) is 18.0. The van der Waals surface area contributed by atoms with Gasteiger partial charge in [0.15, 0.2) is 0 Å². The van der Waals surface area contributed by atoms with Crippen LogP contribution in [0.1, 0.15) is 15.2 Å². The van der Waals surface area contributed by atoms with E-state index in [4.69, 9.17) is 21.9 Å². The average Bonchev–Trinajstić information content (AvgIpc) is 2.97. The Morgan fingerprint density at radius 1 is 1.41 bits per heavy atom. The van der Waals surface area contributed by atoms with Crippen LogP contribution in [0.3, 0.4) is 0 Å². The number of carbonyl (C=O) groups excluding carboxylic acids is 2. The number of hydrogen-bond acceptors (Lipinski definition) is 8. The molecule has 0 atom stereocenters. The Hall–Kier alpha value is -3.84. The molecule has 0 bridgehead atoms. The highest BCUT2D eigenvalue weighted by Crippen LogP contribution is 2.43. The number of primary amides is 1. The predicted molar refractivity (Wildman–Crippen MR) is 103 cm³/mol. The van der Waals surface area contributed by atoms with Gasteiger partial charge in [-0.25, -0.2) is 4.98 Å². The maximum absolute atomic E-state index is 11.7. The van der Waals surface area contributed by atoms with Crippen LogP contribution in [0, 0.1) is 11.3 Å². The van der Waals surface area contributed by atoms with Gasteiger partial charge in [0, 0.05) is 10.9 Å². The highest BCUT2D eigenvalue weighted by Gasteiger charge is 2.23. The van der Waals surface area contributed by atoms with Gasteiger partial charge in [-0.3, -0.25) is 9.59 Å². The minimum Gasteiger partial charge on any atom is -0.495 e. The third kappa shape index (κ3) is 2.86. The number of nitrogens with two attached hydrogens (primary N) is 3. The van der Waals surface area contributed by atoms with E-state index in [0.29, 0.717) is 39.2 Å². The topological polar surface area (TPSA) is 170 Å². The van der Waals surface area contributed by atoms with Gasteiger partial charge in [-0.1, -0.05) is 6.07 Å². The van der Waals surface area contributed by atoms with E-state index in [2.05, 4.69) is 10.3 Å². The molecule has 9 nitrogen and oxygen atoms in total. The van der Waals surface area contributed by atoms with Gasteiger partial charge >= 0.3 is 0 Å². The molecule has 2 aromatic heterocycles. The van der Waals surface area contributed by atoms with Crippen LogP contribution in [0.5, 0.6) is 5.75 Å². The van der Waals surface area contributed by atoms with Crippen LogP contribution in [0.25, 0.3) is 21.3 Å². The lowest BCUT2D eigenvalue weighted by Gasteiger charge is -2.13. The number of nitrogens with one attached hydrogen (secondary N) is 1. The Labute approximate surface area is 157 Å². The van der Waals surface area contributed by atoms with Gasteiger partial charge in [-0.2, -0.15) is 5.26 Å². The molecule has 27 heavy (non-hydrogen) atoms. The number of amides is 2. The van der Waals surface area contributed by atoms with Crippen LogP contribution >= 0.6 is 11.3 Å². The van der Waals surface area contributed by atoms with E-state index in [0.717, 1.165) is 11.3 Å². The van der Waals surface area contributed by atoms with Crippen molar-refractivity contribution in [2.45, 2.75) is 0 Å². The number of anilines is 3. The van der Waals surface area contributed by atoms with Crippen molar-refractivity contribution in [2.75, 3.05) is 23.9 Å². The number of aromatic nitrogens is 1. The van der Waals surface area contributed by atoms with Crippen molar-refractivity contribution < 1.29 is 14.3 Å². The maximum Gasteiger partial charge on any atom is 0.260 e. The van der Waals surface area contributed by atoms with Crippen molar-refractivity contribution in [1.82, 2.24) is 4.98 Å². The Bertz CT molecular complexity index is 1130. The number of rotatable bonds is 5. The first-order valence-electron chi connectivity index (χ1n) is 7.52. The van der Waals surface area contributed by atoms with E-state index < -0.39 is 5.91 Å². The fraction of sp³-hybridized carbons (Fsp3) is 0.0588. The summed E-state index contributed by atoms with van der Waals surface area (Å²) in [6.07, 6.45) is 0.507. The van der Waals surface area contributed by atoms with E-state index in [-0.39, 0.29) is 21.9 Å². The van der Waals surface area contributed by atoms with Gasteiger partial charge in [0.1, 0.15) is 32.9 Å². The monoisotopic (exact) mass is 382 g/mol. The van der Waals surface area contributed by atoms with E-state index in [1.165, 1.54) is 7.11 Å². The summed E-state index contributed by atoms with van der Waals surface area (Å²) in [5.74, 6) is -0.270. The molecule has 0 spiro atoms. The summed E-state index contributed by atoms with van der Waals surface area (Å²) in [5.41, 5.74) is 19.0. The number of nitriles is 1. The number of thiophene rings is 1. The van der Waals surface area contributed by atoms with Gasteiger partial charge in [-0.05, 0) is 17.7 Å². The third-order valence-corrected chi connectivity index (χ3v) is 5.06. The van der Waals surface area contributed by atoms with E-state index >= 15 is 0 Å². The second kappa shape index (κ2) is 6.81. The molecule has 0 unspecified atom stereocenters. The van der Waals surface area contributed by atoms with Crippen LogP contribution < -0.4 is 27.3 Å². The SMILES string of the molecule is COc1ccc(-c2c(C#N)c(N)nc3sc(C(N)=O)c(N)c23)cc1NC=O. The van der Waals surface area contributed by atoms with E-state index in [9.17, 15) is 14.9 Å². The fourth-order valence-corrected chi connectivity index (χ4v) is 3.76. The molecule has 136 valence electrons. The van der Waals surface area contributed by atoms with E-state index in [1.54, 1.807) is 18.2 Å². The lowest BCUT2D eigenvalue weighted by molar-refractivity contribution is -0.105. The largest absolute Gasteiger partial charge is 0.495 e. The quantitative estimate of drug-likeness (QED) is 0.486. The zero-order valence-corrected chi connectivity index (χ0v) is 14.9.